The second-order valence-electron chi connectivity index (χ2n) is 6.58. The van der Waals surface area contributed by atoms with Crippen molar-refractivity contribution in [1.82, 2.24) is 9.47 Å². The molecule has 1 aromatic heterocycles. The summed E-state index contributed by atoms with van der Waals surface area (Å²) in [5, 5.41) is 19.0. The fraction of sp³-hybridized carbons (Fsp3) is 0.316. The monoisotopic (exact) mass is 383 g/mol. The number of hydrogen-bond donors (Lipinski definition) is 2. The minimum atomic E-state index is -1.15. The maximum absolute atomic E-state index is 12.2. The lowest BCUT2D eigenvalue weighted by Gasteiger charge is -2.34. The third-order valence-corrected chi connectivity index (χ3v) is 4.88. The van der Waals surface area contributed by atoms with Crippen LogP contribution >= 0.6 is 0 Å². The molecule has 2 heterocycles. The number of ether oxygens (including phenoxy) is 1. The fourth-order valence-electron chi connectivity index (χ4n) is 3.27. The number of rotatable bonds is 4. The van der Waals surface area contributed by atoms with Crippen molar-refractivity contribution in [3.05, 3.63) is 41.2 Å². The normalized spacial score (nSPS) is 14.5. The number of carbonyl (C=O) groups is 2. The number of nitrogens with two attached hydrogens (primary N) is 1. The van der Waals surface area contributed by atoms with E-state index in [1.54, 1.807) is 18.2 Å². The zero-order valence-electron chi connectivity index (χ0n) is 15.7. The van der Waals surface area contributed by atoms with Gasteiger partial charge >= 0.3 is 11.9 Å². The molecule has 146 valence electrons. The molecular formula is C19H21N5O4. The van der Waals surface area contributed by atoms with E-state index < -0.39 is 11.9 Å². The summed E-state index contributed by atoms with van der Waals surface area (Å²) in [5.74, 6) is -1.90. The third-order valence-electron chi connectivity index (χ3n) is 4.88. The van der Waals surface area contributed by atoms with E-state index >= 15 is 0 Å². The van der Waals surface area contributed by atoms with Crippen molar-refractivity contribution in [3.8, 4) is 11.8 Å². The van der Waals surface area contributed by atoms with Crippen molar-refractivity contribution in [2.24, 2.45) is 0 Å². The molecule has 2 aromatic rings. The summed E-state index contributed by atoms with van der Waals surface area (Å²) in [7, 11) is 3.24. The molecule has 0 spiro atoms. The average Bonchev–Trinajstić information content (AvgIpc) is 3.03. The number of nitrogens with zero attached hydrogens (tertiary/aromatic N) is 4. The second kappa shape index (κ2) is 7.62. The SMILES string of the molecule is COC(=O)c1c(N)c(C#N)cn1-c1ccc(N2CCN(C)CC2)cc1C(=O)O. The van der Waals surface area contributed by atoms with Gasteiger partial charge in [-0.15, -0.1) is 0 Å². The lowest BCUT2D eigenvalue weighted by Crippen LogP contribution is -2.44. The largest absolute Gasteiger partial charge is 0.478 e. The molecule has 9 nitrogen and oxygen atoms in total. The third kappa shape index (κ3) is 3.37. The Balaban J connectivity index is 2.12. The molecule has 1 aliphatic rings. The molecule has 1 aliphatic heterocycles. The van der Waals surface area contributed by atoms with Crippen LogP contribution in [0.15, 0.2) is 24.4 Å². The van der Waals surface area contributed by atoms with Gasteiger partial charge in [-0.1, -0.05) is 0 Å². The molecule has 3 rings (SSSR count). The maximum Gasteiger partial charge on any atom is 0.357 e. The lowest BCUT2D eigenvalue weighted by atomic mass is 10.1. The van der Waals surface area contributed by atoms with Gasteiger partial charge in [-0.05, 0) is 25.2 Å². The van der Waals surface area contributed by atoms with E-state index in [1.807, 2.05) is 13.1 Å². The van der Waals surface area contributed by atoms with E-state index in [4.69, 9.17) is 10.5 Å². The van der Waals surface area contributed by atoms with E-state index in [0.717, 1.165) is 31.9 Å². The van der Waals surface area contributed by atoms with Gasteiger partial charge in [0.15, 0.2) is 5.69 Å². The molecule has 0 unspecified atom stereocenters. The second-order valence-corrected chi connectivity index (χ2v) is 6.58. The van der Waals surface area contributed by atoms with Gasteiger partial charge in [-0.25, -0.2) is 9.59 Å². The van der Waals surface area contributed by atoms with E-state index in [1.165, 1.54) is 17.9 Å². The molecule has 0 amide bonds. The Labute approximate surface area is 162 Å². The van der Waals surface area contributed by atoms with Gasteiger partial charge in [0.25, 0.3) is 0 Å². The quantitative estimate of drug-likeness (QED) is 0.754. The van der Waals surface area contributed by atoms with Crippen molar-refractivity contribution >= 4 is 23.3 Å². The molecule has 0 saturated carbocycles. The number of benzene rings is 1. The predicted molar refractivity (Wildman–Crippen MR) is 103 cm³/mol. The van der Waals surface area contributed by atoms with Crippen LogP contribution in [0.5, 0.6) is 0 Å². The Bertz CT molecular complexity index is 967. The Kier molecular flexibility index (Phi) is 5.24. The van der Waals surface area contributed by atoms with Crippen LogP contribution in [0, 0.1) is 11.3 Å². The highest BCUT2D eigenvalue weighted by Gasteiger charge is 2.25. The highest BCUT2D eigenvalue weighted by Crippen LogP contribution is 2.29. The van der Waals surface area contributed by atoms with Gasteiger partial charge < -0.3 is 29.9 Å². The van der Waals surface area contributed by atoms with Gasteiger partial charge in [0.1, 0.15) is 6.07 Å². The maximum atomic E-state index is 12.2. The summed E-state index contributed by atoms with van der Waals surface area (Å²) in [6.07, 6.45) is 1.35. The Hall–Kier alpha value is -3.51. The number of nitriles is 1. The van der Waals surface area contributed by atoms with Crippen molar-refractivity contribution in [1.29, 1.82) is 5.26 Å². The summed E-state index contributed by atoms with van der Waals surface area (Å²) in [6.45, 7) is 3.35. The van der Waals surface area contributed by atoms with Crippen molar-refractivity contribution in [2.75, 3.05) is 51.0 Å². The van der Waals surface area contributed by atoms with Gasteiger partial charge in [-0.3, -0.25) is 0 Å². The molecular weight excluding hydrogens is 362 g/mol. The first kappa shape index (κ1) is 19.3. The molecule has 0 bridgehead atoms. The van der Waals surface area contributed by atoms with Crippen LogP contribution < -0.4 is 10.6 Å². The Morgan fingerprint density at radius 3 is 2.50 bits per heavy atom. The number of carboxylic acids is 1. The molecule has 0 radical (unpaired) electrons. The number of nitrogen functional groups attached to an aromatic ring is 1. The first-order chi connectivity index (χ1) is 13.4. The van der Waals surface area contributed by atoms with Gasteiger partial charge in [0, 0.05) is 38.1 Å². The van der Waals surface area contributed by atoms with Crippen molar-refractivity contribution in [2.45, 2.75) is 0 Å². The topological polar surface area (TPSA) is 125 Å². The number of hydrogen-bond acceptors (Lipinski definition) is 7. The molecule has 1 aromatic carbocycles. The van der Waals surface area contributed by atoms with Crippen LogP contribution in [-0.4, -0.2) is 66.8 Å². The first-order valence-electron chi connectivity index (χ1n) is 8.67. The number of carbonyl (C=O) groups excluding carboxylic acids is 1. The van der Waals surface area contributed by atoms with E-state index in [-0.39, 0.29) is 28.2 Å². The molecule has 0 atom stereocenters. The van der Waals surface area contributed by atoms with Crippen LogP contribution in [0.25, 0.3) is 5.69 Å². The van der Waals surface area contributed by atoms with Gasteiger partial charge in [-0.2, -0.15) is 5.26 Å². The summed E-state index contributed by atoms with van der Waals surface area (Å²) in [5.41, 5.74) is 6.88. The molecule has 0 aliphatic carbocycles. The number of carboxylic acid groups (broad SMARTS) is 1. The summed E-state index contributed by atoms with van der Waals surface area (Å²) >= 11 is 0. The van der Waals surface area contributed by atoms with Crippen LogP contribution in [0.3, 0.4) is 0 Å². The molecule has 9 heteroatoms. The first-order valence-corrected chi connectivity index (χ1v) is 8.67. The molecule has 1 fully saturated rings. The number of methoxy groups -OCH3 is 1. The number of piperazine rings is 1. The fourth-order valence-corrected chi connectivity index (χ4v) is 3.27. The van der Waals surface area contributed by atoms with Crippen molar-refractivity contribution < 1.29 is 19.4 Å². The van der Waals surface area contributed by atoms with Crippen LogP contribution in [-0.2, 0) is 4.74 Å². The highest BCUT2D eigenvalue weighted by molar-refractivity contribution is 5.98. The summed E-state index contributed by atoms with van der Waals surface area (Å²) in [6, 6.07) is 6.90. The Morgan fingerprint density at radius 1 is 1.25 bits per heavy atom. The zero-order valence-corrected chi connectivity index (χ0v) is 15.7. The number of aromatic nitrogens is 1. The number of likely N-dealkylation sites (N-methyl/N-ethyl adjacent to an activating group) is 1. The standard InChI is InChI=1S/C19H21N5O4/c1-22-5-7-23(8-6-22)13-3-4-15(14(9-13)18(25)26)24-11-12(10-20)16(21)17(24)19(27)28-2/h3-4,9,11H,5-8,21H2,1-2H3,(H,25,26). The minimum Gasteiger partial charge on any atom is -0.478 e. The zero-order chi connectivity index (χ0) is 20.4. The van der Waals surface area contributed by atoms with E-state index in [9.17, 15) is 20.0 Å². The summed E-state index contributed by atoms with van der Waals surface area (Å²) in [4.78, 5) is 28.5. The van der Waals surface area contributed by atoms with Gasteiger partial charge in [0.05, 0.1) is 29.6 Å². The average molecular weight is 383 g/mol. The van der Waals surface area contributed by atoms with Gasteiger partial charge in [0.2, 0.25) is 0 Å². The number of aromatic carboxylic acids is 1. The van der Waals surface area contributed by atoms with E-state index in [2.05, 4.69) is 9.80 Å². The highest BCUT2D eigenvalue weighted by atomic mass is 16.5. The Morgan fingerprint density at radius 2 is 1.93 bits per heavy atom. The number of anilines is 2. The molecule has 3 N–H and O–H groups in total. The van der Waals surface area contributed by atoms with Crippen molar-refractivity contribution in [3.63, 3.8) is 0 Å². The van der Waals surface area contributed by atoms with E-state index in [0.29, 0.717) is 0 Å². The van der Waals surface area contributed by atoms with Crippen LogP contribution in [0.2, 0.25) is 0 Å². The van der Waals surface area contributed by atoms with Crippen LogP contribution in [0.1, 0.15) is 26.4 Å². The smallest absolute Gasteiger partial charge is 0.357 e. The minimum absolute atomic E-state index is 0.000992. The lowest BCUT2D eigenvalue weighted by molar-refractivity contribution is 0.0591. The summed E-state index contributed by atoms with van der Waals surface area (Å²) < 4.78 is 6.06. The number of esters is 1. The predicted octanol–water partition coefficient (Wildman–Crippen LogP) is 1.17. The van der Waals surface area contributed by atoms with Crippen LogP contribution in [0.4, 0.5) is 11.4 Å². The molecule has 1 saturated heterocycles. The molecule has 28 heavy (non-hydrogen) atoms.